The predicted molar refractivity (Wildman–Crippen MR) is 110 cm³/mol. The number of nitrogens with two attached hydrogens (primary N) is 1. The highest BCUT2D eigenvalue weighted by Crippen LogP contribution is 2.28. The summed E-state index contributed by atoms with van der Waals surface area (Å²) in [5.41, 5.74) is 7.30. The lowest BCUT2D eigenvalue weighted by Crippen LogP contribution is -2.44. The van der Waals surface area contributed by atoms with Crippen LogP contribution in [0.2, 0.25) is 0 Å². The number of aromatic nitrogens is 1. The fourth-order valence-electron chi connectivity index (χ4n) is 3.45. The number of nitrogens with one attached hydrogen (secondary N) is 1. The molecule has 1 saturated heterocycles. The van der Waals surface area contributed by atoms with Crippen molar-refractivity contribution < 1.29 is 13.9 Å². The van der Waals surface area contributed by atoms with Crippen LogP contribution in [0.5, 0.6) is 5.75 Å². The molecule has 0 spiro atoms. The van der Waals surface area contributed by atoms with E-state index in [2.05, 4.69) is 10.2 Å². The summed E-state index contributed by atoms with van der Waals surface area (Å²) in [4.78, 5) is 18.9. The van der Waals surface area contributed by atoms with E-state index < -0.39 is 5.91 Å². The van der Waals surface area contributed by atoms with Gasteiger partial charge in [0.25, 0.3) is 5.91 Å². The van der Waals surface area contributed by atoms with Gasteiger partial charge in [-0.15, -0.1) is 0 Å². The second-order valence-electron chi connectivity index (χ2n) is 7.04. The number of anilines is 1. The van der Waals surface area contributed by atoms with Gasteiger partial charge in [-0.2, -0.15) is 0 Å². The molecule has 7 heteroatoms. The van der Waals surface area contributed by atoms with Gasteiger partial charge in [0, 0.05) is 44.6 Å². The number of hydrogen-bond acceptors (Lipinski definition) is 5. The first-order valence-corrected chi connectivity index (χ1v) is 9.70. The first kappa shape index (κ1) is 19.1. The lowest BCUT2D eigenvalue weighted by atomic mass is 10.0. The Hall–Kier alpha value is -3.19. The van der Waals surface area contributed by atoms with E-state index in [1.807, 2.05) is 30.3 Å². The molecule has 0 unspecified atom stereocenters. The van der Waals surface area contributed by atoms with Gasteiger partial charge < -0.3 is 20.7 Å². The van der Waals surface area contributed by atoms with Crippen LogP contribution in [0.3, 0.4) is 0 Å². The summed E-state index contributed by atoms with van der Waals surface area (Å²) in [6, 6.07) is 10.9. The van der Waals surface area contributed by atoms with Gasteiger partial charge in [0.2, 0.25) is 0 Å². The molecule has 4 rings (SSSR count). The van der Waals surface area contributed by atoms with E-state index in [1.54, 1.807) is 12.1 Å². The van der Waals surface area contributed by atoms with E-state index in [0.717, 1.165) is 43.3 Å². The van der Waals surface area contributed by atoms with Crippen LogP contribution >= 0.6 is 0 Å². The van der Waals surface area contributed by atoms with Crippen LogP contribution < -0.4 is 20.7 Å². The molecule has 1 amide bonds. The molecule has 0 radical (unpaired) electrons. The summed E-state index contributed by atoms with van der Waals surface area (Å²) in [5, 5.41) is 3.32. The minimum absolute atomic E-state index is 0.137. The number of carbonyl (C=O) groups excluding carboxylic acids is 1. The summed E-state index contributed by atoms with van der Waals surface area (Å²) < 4.78 is 18.9. The first-order chi connectivity index (χ1) is 14.1. The van der Waals surface area contributed by atoms with Gasteiger partial charge in [-0.25, -0.2) is 9.37 Å². The van der Waals surface area contributed by atoms with Crippen LogP contribution in [0.4, 0.5) is 10.2 Å². The van der Waals surface area contributed by atoms with Crippen molar-refractivity contribution in [2.75, 3.05) is 31.1 Å². The zero-order valence-corrected chi connectivity index (χ0v) is 16.0. The van der Waals surface area contributed by atoms with Gasteiger partial charge >= 0.3 is 0 Å². The molecule has 0 saturated carbocycles. The minimum Gasteiger partial charge on any atom is -0.462 e. The highest BCUT2D eigenvalue weighted by atomic mass is 19.1. The number of piperazine rings is 1. The molecule has 2 aliphatic rings. The van der Waals surface area contributed by atoms with Crippen molar-refractivity contribution >= 4 is 11.7 Å². The summed E-state index contributed by atoms with van der Waals surface area (Å²) in [5.74, 6) is 1.54. The maximum absolute atomic E-state index is 13.1. The quantitative estimate of drug-likeness (QED) is 0.814. The maximum Gasteiger partial charge on any atom is 0.250 e. The Morgan fingerprint density at radius 1 is 1.07 bits per heavy atom. The zero-order chi connectivity index (χ0) is 20.2. The maximum atomic E-state index is 13.1. The highest BCUT2D eigenvalue weighted by molar-refractivity contribution is 5.99. The number of halogens is 1. The molecule has 0 bridgehead atoms. The van der Waals surface area contributed by atoms with Crippen LogP contribution in [-0.4, -0.2) is 37.1 Å². The Bertz CT molecular complexity index is 963. The number of benzene rings is 1. The van der Waals surface area contributed by atoms with Crippen LogP contribution in [0, 0.1) is 0 Å². The van der Waals surface area contributed by atoms with Crippen LogP contribution in [-0.2, 0) is 0 Å². The van der Waals surface area contributed by atoms with Crippen molar-refractivity contribution in [3.8, 4) is 17.0 Å². The van der Waals surface area contributed by atoms with Crippen LogP contribution in [0.1, 0.15) is 23.2 Å². The van der Waals surface area contributed by atoms with Gasteiger partial charge in [-0.3, -0.25) is 4.79 Å². The van der Waals surface area contributed by atoms with Crippen LogP contribution in [0.25, 0.3) is 11.3 Å². The number of amides is 1. The summed E-state index contributed by atoms with van der Waals surface area (Å²) >= 11 is 0. The molecule has 0 atom stereocenters. The predicted octanol–water partition coefficient (Wildman–Crippen LogP) is 3.17. The number of ether oxygens (including phenoxy) is 1. The smallest absolute Gasteiger partial charge is 0.250 e. The van der Waals surface area contributed by atoms with E-state index in [9.17, 15) is 9.18 Å². The third kappa shape index (κ3) is 4.46. The average molecular weight is 394 g/mol. The summed E-state index contributed by atoms with van der Waals surface area (Å²) in [6.07, 6.45) is 3.97. The molecule has 150 valence electrons. The van der Waals surface area contributed by atoms with E-state index in [1.165, 1.54) is 6.08 Å². The van der Waals surface area contributed by atoms with Crippen molar-refractivity contribution in [3.63, 3.8) is 0 Å². The zero-order valence-electron chi connectivity index (χ0n) is 16.0. The number of hydrogen-bond donors (Lipinski definition) is 2. The standard InChI is InChI=1S/C22H23FN4O2/c23-16-3-7-18(8-4-16)29-17-5-1-15(2-6-17)21-19(22(24)28)9-10-20(26-21)27-13-11-25-12-14-27/h1-3,5-7,9-10,25H,4,8,11-14H2,(H2,24,28). The highest BCUT2D eigenvalue weighted by Gasteiger charge is 2.17. The monoisotopic (exact) mass is 394 g/mol. The number of allylic oxidation sites excluding steroid dienone is 4. The fourth-order valence-corrected chi connectivity index (χ4v) is 3.45. The van der Waals surface area contributed by atoms with E-state index in [4.69, 9.17) is 15.5 Å². The second kappa shape index (κ2) is 8.45. The van der Waals surface area contributed by atoms with Gasteiger partial charge in [-0.1, -0.05) is 0 Å². The molecule has 1 fully saturated rings. The lowest BCUT2D eigenvalue weighted by Gasteiger charge is -2.29. The number of rotatable bonds is 5. The van der Waals surface area contributed by atoms with Crippen molar-refractivity contribution in [1.82, 2.24) is 10.3 Å². The van der Waals surface area contributed by atoms with Gasteiger partial charge in [0.15, 0.2) is 0 Å². The molecule has 1 aliphatic heterocycles. The third-order valence-electron chi connectivity index (χ3n) is 5.02. The minimum atomic E-state index is -0.513. The van der Waals surface area contributed by atoms with Gasteiger partial charge in [-0.05, 0) is 48.6 Å². The van der Waals surface area contributed by atoms with E-state index in [-0.39, 0.29) is 5.83 Å². The van der Waals surface area contributed by atoms with Crippen molar-refractivity contribution in [3.05, 3.63) is 65.7 Å². The average Bonchev–Trinajstić information content (AvgIpc) is 2.76. The lowest BCUT2D eigenvalue weighted by molar-refractivity contribution is 0.100. The summed E-state index contributed by atoms with van der Waals surface area (Å²) in [7, 11) is 0. The van der Waals surface area contributed by atoms with Crippen LogP contribution in [0.15, 0.2) is 60.1 Å². The Labute approximate surface area is 168 Å². The number of primary amides is 1. The molecule has 2 heterocycles. The molecule has 2 aromatic rings. The molecule has 3 N–H and O–H groups in total. The molecule has 1 aromatic heterocycles. The fraction of sp³-hybridized carbons (Fsp3) is 0.273. The van der Waals surface area contributed by atoms with Crippen molar-refractivity contribution in [2.45, 2.75) is 12.8 Å². The van der Waals surface area contributed by atoms with Crippen molar-refractivity contribution in [2.24, 2.45) is 5.73 Å². The molecular formula is C22H23FN4O2. The van der Waals surface area contributed by atoms with Crippen molar-refractivity contribution in [1.29, 1.82) is 0 Å². The number of nitrogens with zero attached hydrogens (tertiary/aromatic N) is 2. The molecule has 1 aromatic carbocycles. The second-order valence-corrected chi connectivity index (χ2v) is 7.04. The SMILES string of the molecule is NC(=O)c1ccc(N2CCNCC2)nc1-c1ccc(OC2=CC=C(F)CC2)cc1. The Morgan fingerprint density at radius 2 is 1.83 bits per heavy atom. The topological polar surface area (TPSA) is 80.5 Å². The Morgan fingerprint density at radius 3 is 2.48 bits per heavy atom. The van der Waals surface area contributed by atoms with Gasteiger partial charge in [0.05, 0.1) is 11.3 Å². The first-order valence-electron chi connectivity index (χ1n) is 9.70. The normalized spacial score (nSPS) is 16.8. The Kier molecular flexibility index (Phi) is 5.57. The molecular weight excluding hydrogens is 371 g/mol. The Balaban J connectivity index is 1.60. The van der Waals surface area contributed by atoms with E-state index in [0.29, 0.717) is 29.8 Å². The summed E-state index contributed by atoms with van der Waals surface area (Å²) in [6.45, 7) is 3.52. The van der Waals surface area contributed by atoms with E-state index >= 15 is 0 Å². The number of pyridine rings is 1. The number of carbonyl (C=O) groups is 1. The molecule has 1 aliphatic carbocycles. The molecule has 6 nitrogen and oxygen atoms in total. The molecule has 29 heavy (non-hydrogen) atoms. The van der Waals surface area contributed by atoms with Gasteiger partial charge in [0.1, 0.15) is 23.2 Å². The largest absolute Gasteiger partial charge is 0.462 e. The third-order valence-corrected chi connectivity index (χ3v) is 5.02.